The van der Waals surface area contributed by atoms with Crippen LogP contribution in [0.25, 0.3) is 6.08 Å². The average Bonchev–Trinajstić information content (AvgIpc) is 2.99. The molecule has 1 heterocycles. The van der Waals surface area contributed by atoms with E-state index >= 15 is 0 Å². The van der Waals surface area contributed by atoms with Crippen LogP contribution in [-0.4, -0.2) is 25.6 Å². The number of nitrogens with zero attached hydrogens (tertiary/aromatic N) is 1. The summed E-state index contributed by atoms with van der Waals surface area (Å²) in [4.78, 5) is 16.4. The first-order valence-electron chi connectivity index (χ1n) is 8.11. The van der Waals surface area contributed by atoms with E-state index in [2.05, 4.69) is 4.99 Å². The third-order valence-corrected chi connectivity index (χ3v) is 4.24. The minimum Gasteiger partial charge on any atom is -0.493 e. The summed E-state index contributed by atoms with van der Waals surface area (Å²) in [5, 5.41) is 0.593. The number of carbonyl (C=O) groups excluding carboxylic acids is 1. The molecule has 134 valence electrons. The lowest BCUT2D eigenvalue weighted by molar-refractivity contribution is -0.129. The largest absolute Gasteiger partial charge is 0.493 e. The lowest BCUT2D eigenvalue weighted by atomic mass is 10.1. The van der Waals surface area contributed by atoms with E-state index in [9.17, 15) is 4.79 Å². The molecule has 2 aromatic rings. The lowest BCUT2D eigenvalue weighted by Gasteiger charge is -2.09. The van der Waals surface area contributed by atoms with Gasteiger partial charge in [-0.05, 0) is 55.3 Å². The molecule has 2 aromatic carbocycles. The number of esters is 1. The van der Waals surface area contributed by atoms with Crippen LogP contribution in [0.2, 0.25) is 5.02 Å². The fourth-order valence-electron chi connectivity index (χ4n) is 2.47. The molecule has 5 nitrogen and oxygen atoms in total. The van der Waals surface area contributed by atoms with Crippen LogP contribution < -0.4 is 9.47 Å². The van der Waals surface area contributed by atoms with Crippen molar-refractivity contribution in [3.8, 4) is 11.5 Å². The van der Waals surface area contributed by atoms with Crippen LogP contribution in [0.3, 0.4) is 0 Å². The smallest absolute Gasteiger partial charge is 0.363 e. The molecule has 0 saturated carbocycles. The van der Waals surface area contributed by atoms with Gasteiger partial charge >= 0.3 is 5.97 Å². The Hall–Kier alpha value is -2.79. The van der Waals surface area contributed by atoms with E-state index in [-0.39, 0.29) is 11.6 Å². The Morgan fingerprint density at radius 2 is 2.00 bits per heavy atom. The number of methoxy groups -OCH3 is 1. The van der Waals surface area contributed by atoms with Gasteiger partial charge in [0, 0.05) is 10.6 Å². The van der Waals surface area contributed by atoms with Crippen molar-refractivity contribution in [1.29, 1.82) is 0 Å². The first-order valence-corrected chi connectivity index (χ1v) is 8.49. The summed E-state index contributed by atoms with van der Waals surface area (Å²) in [6.07, 6.45) is 1.64. The molecule has 3 rings (SSSR count). The van der Waals surface area contributed by atoms with Gasteiger partial charge < -0.3 is 14.2 Å². The van der Waals surface area contributed by atoms with Crippen LogP contribution in [0.1, 0.15) is 23.6 Å². The number of benzene rings is 2. The van der Waals surface area contributed by atoms with Crippen molar-refractivity contribution in [1.82, 2.24) is 0 Å². The van der Waals surface area contributed by atoms with Crippen molar-refractivity contribution >= 4 is 29.5 Å². The summed E-state index contributed by atoms with van der Waals surface area (Å²) in [6.45, 7) is 4.34. The van der Waals surface area contributed by atoms with Crippen molar-refractivity contribution in [2.75, 3.05) is 13.7 Å². The van der Waals surface area contributed by atoms with Crippen LogP contribution in [0.4, 0.5) is 0 Å². The molecule has 0 bridgehead atoms. The number of aryl methyl sites for hydroxylation is 1. The minimum absolute atomic E-state index is 0.211. The van der Waals surface area contributed by atoms with E-state index in [4.69, 9.17) is 25.8 Å². The average molecular weight is 372 g/mol. The van der Waals surface area contributed by atoms with Crippen LogP contribution >= 0.6 is 11.6 Å². The Balaban J connectivity index is 1.92. The van der Waals surface area contributed by atoms with Crippen LogP contribution in [-0.2, 0) is 9.53 Å². The van der Waals surface area contributed by atoms with Gasteiger partial charge in [0.1, 0.15) is 0 Å². The third kappa shape index (κ3) is 3.73. The summed E-state index contributed by atoms with van der Waals surface area (Å²) in [6, 6.07) is 10.8. The highest BCUT2D eigenvalue weighted by atomic mass is 35.5. The second-order valence-corrected chi connectivity index (χ2v) is 6.05. The van der Waals surface area contributed by atoms with Crippen LogP contribution in [0.5, 0.6) is 11.5 Å². The lowest BCUT2D eigenvalue weighted by Crippen LogP contribution is -2.05. The number of aliphatic imine (C=N–C) groups is 1. The molecule has 0 unspecified atom stereocenters. The Labute approximate surface area is 156 Å². The zero-order valence-electron chi connectivity index (χ0n) is 14.7. The maximum absolute atomic E-state index is 12.1. The maximum atomic E-state index is 12.1. The van der Waals surface area contributed by atoms with Crippen molar-refractivity contribution in [2.45, 2.75) is 13.8 Å². The molecule has 0 fully saturated rings. The van der Waals surface area contributed by atoms with Gasteiger partial charge in [0.05, 0.1) is 13.7 Å². The zero-order chi connectivity index (χ0) is 18.7. The first kappa shape index (κ1) is 18.0. The topological polar surface area (TPSA) is 57.1 Å². The van der Waals surface area contributed by atoms with E-state index in [1.165, 1.54) is 0 Å². The molecule has 0 spiro atoms. The van der Waals surface area contributed by atoms with Gasteiger partial charge in [0.2, 0.25) is 5.90 Å². The first-order chi connectivity index (χ1) is 12.5. The summed E-state index contributed by atoms with van der Waals surface area (Å²) >= 11 is 6.13. The molecule has 0 amide bonds. The van der Waals surface area contributed by atoms with E-state index in [1.807, 2.05) is 32.0 Å². The predicted molar refractivity (Wildman–Crippen MR) is 101 cm³/mol. The second-order valence-electron chi connectivity index (χ2n) is 5.64. The highest BCUT2D eigenvalue weighted by Gasteiger charge is 2.24. The normalized spacial score (nSPS) is 15.0. The summed E-state index contributed by atoms with van der Waals surface area (Å²) in [7, 11) is 1.57. The van der Waals surface area contributed by atoms with Gasteiger partial charge in [0.25, 0.3) is 0 Å². The SMILES string of the molecule is CCOc1ccc(/C=C2\N=C(c3ccc(C)c(Cl)c3)OC2=O)cc1OC. The van der Waals surface area contributed by atoms with Crippen molar-refractivity contribution in [2.24, 2.45) is 4.99 Å². The number of hydrogen-bond acceptors (Lipinski definition) is 5. The van der Waals surface area contributed by atoms with Crippen LogP contribution in [0.15, 0.2) is 47.1 Å². The Morgan fingerprint density at radius 3 is 2.69 bits per heavy atom. The molecular formula is C20H18ClNO4. The van der Waals surface area contributed by atoms with Crippen molar-refractivity contribution < 1.29 is 19.0 Å². The predicted octanol–water partition coefficient (Wildman–Crippen LogP) is 4.40. The Bertz CT molecular complexity index is 918. The number of halogens is 1. The fourth-order valence-corrected chi connectivity index (χ4v) is 2.65. The van der Waals surface area contributed by atoms with E-state index in [0.29, 0.717) is 28.7 Å². The molecule has 0 aromatic heterocycles. The molecule has 6 heteroatoms. The van der Waals surface area contributed by atoms with E-state index < -0.39 is 5.97 Å². The molecule has 26 heavy (non-hydrogen) atoms. The summed E-state index contributed by atoms with van der Waals surface area (Å²) < 4.78 is 16.1. The number of carbonyl (C=O) groups is 1. The molecule has 0 atom stereocenters. The summed E-state index contributed by atoms with van der Waals surface area (Å²) in [5.41, 5.74) is 2.56. The van der Waals surface area contributed by atoms with E-state index in [1.54, 1.807) is 31.4 Å². The van der Waals surface area contributed by atoms with E-state index in [0.717, 1.165) is 11.1 Å². The molecule has 0 N–H and O–H groups in total. The molecule has 0 aliphatic carbocycles. The van der Waals surface area contributed by atoms with Gasteiger partial charge in [-0.25, -0.2) is 9.79 Å². The fraction of sp³-hybridized carbons (Fsp3) is 0.200. The molecule has 1 aliphatic rings. The molecule has 0 radical (unpaired) electrons. The summed E-state index contributed by atoms with van der Waals surface area (Å²) in [5.74, 6) is 0.956. The molecule has 1 aliphatic heterocycles. The highest BCUT2D eigenvalue weighted by Crippen LogP contribution is 2.30. The zero-order valence-corrected chi connectivity index (χ0v) is 15.5. The second kappa shape index (κ2) is 7.62. The van der Waals surface area contributed by atoms with Gasteiger partial charge in [-0.15, -0.1) is 0 Å². The maximum Gasteiger partial charge on any atom is 0.363 e. The quantitative estimate of drug-likeness (QED) is 0.577. The van der Waals surface area contributed by atoms with Crippen molar-refractivity contribution in [3.63, 3.8) is 0 Å². The minimum atomic E-state index is -0.510. The Morgan fingerprint density at radius 1 is 1.19 bits per heavy atom. The number of rotatable bonds is 5. The number of cyclic esters (lactones) is 1. The number of hydrogen-bond donors (Lipinski definition) is 0. The molecular weight excluding hydrogens is 354 g/mol. The third-order valence-electron chi connectivity index (χ3n) is 3.83. The van der Waals surface area contributed by atoms with Gasteiger partial charge in [-0.1, -0.05) is 23.7 Å². The van der Waals surface area contributed by atoms with Gasteiger partial charge in [-0.3, -0.25) is 0 Å². The highest BCUT2D eigenvalue weighted by molar-refractivity contribution is 6.31. The van der Waals surface area contributed by atoms with Gasteiger partial charge in [0.15, 0.2) is 17.2 Å². The standard InChI is InChI=1S/C20H18ClNO4/c1-4-25-17-8-6-13(10-18(17)24-3)9-16-20(23)26-19(22-16)14-7-5-12(2)15(21)11-14/h5-11H,4H2,1-3H3/b16-9-. The van der Waals surface area contributed by atoms with Crippen molar-refractivity contribution in [3.05, 3.63) is 63.8 Å². The van der Waals surface area contributed by atoms with Crippen LogP contribution in [0, 0.1) is 6.92 Å². The Kier molecular flexibility index (Phi) is 5.28. The van der Waals surface area contributed by atoms with Gasteiger partial charge in [-0.2, -0.15) is 0 Å². The molecule has 0 saturated heterocycles. The number of ether oxygens (including phenoxy) is 3. The monoisotopic (exact) mass is 371 g/mol.